The van der Waals surface area contributed by atoms with Gasteiger partial charge in [0.15, 0.2) is 5.76 Å². The number of nitrogens with zero attached hydrogens (tertiary/aromatic N) is 3. The van der Waals surface area contributed by atoms with E-state index in [0.717, 1.165) is 42.0 Å². The van der Waals surface area contributed by atoms with Gasteiger partial charge in [-0.2, -0.15) is 0 Å². The molecule has 2 aromatic rings. The Hall–Kier alpha value is -2.19. The van der Waals surface area contributed by atoms with Crippen molar-refractivity contribution in [3.05, 3.63) is 29.3 Å². The Morgan fingerprint density at radius 2 is 1.96 bits per heavy atom. The first-order chi connectivity index (χ1) is 13.7. The summed E-state index contributed by atoms with van der Waals surface area (Å²) in [5, 5.41) is 6.21. The molecule has 0 aromatic carbocycles. The molecule has 148 valence electrons. The lowest BCUT2D eigenvalue weighted by molar-refractivity contribution is -0.146. The SMILES string of the molecule is O=C(C1CCCO1)N1CCN(C(=O)C2(c3cc(-c4cccs4)on3)CC2)CC1. The summed E-state index contributed by atoms with van der Waals surface area (Å²) in [7, 11) is 0. The minimum atomic E-state index is -0.542. The van der Waals surface area contributed by atoms with Crippen molar-refractivity contribution >= 4 is 23.2 Å². The predicted octanol–water partition coefficient (Wildman–Crippen LogP) is 2.28. The van der Waals surface area contributed by atoms with Crippen molar-refractivity contribution < 1.29 is 18.8 Å². The second-order valence-corrected chi connectivity index (χ2v) is 8.70. The molecular weight excluding hydrogens is 378 g/mol. The molecule has 8 heteroatoms. The van der Waals surface area contributed by atoms with E-state index in [1.807, 2.05) is 33.4 Å². The summed E-state index contributed by atoms with van der Waals surface area (Å²) < 4.78 is 11.0. The van der Waals surface area contributed by atoms with E-state index in [4.69, 9.17) is 9.26 Å². The number of carbonyl (C=O) groups excluding carboxylic acids is 2. The highest BCUT2D eigenvalue weighted by Gasteiger charge is 2.55. The maximum Gasteiger partial charge on any atom is 0.251 e. The molecule has 0 radical (unpaired) electrons. The topological polar surface area (TPSA) is 75.9 Å². The van der Waals surface area contributed by atoms with Crippen molar-refractivity contribution in [2.75, 3.05) is 32.8 Å². The third-order valence-electron chi connectivity index (χ3n) is 6.01. The fraction of sp³-hybridized carbons (Fsp3) is 0.550. The number of piperazine rings is 1. The number of amides is 2. The van der Waals surface area contributed by atoms with Gasteiger partial charge >= 0.3 is 0 Å². The number of hydrogen-bond acceptors (Lipinski definition) is 6. The molecule has 2 saturated heterocycles. The minimum absolute atomic E-state index is 0.0721. The van der Waals surface area contributed by atoms with Crippen molar-refractivity contribution in [1.29, 1.82) is 0 Å². The molecule has 3 aliphatic rings. The first-order valence-electron chi connectivity index (χ1n) is 9.88. The van der Waals surface area contributed by atoms with E-state index < -0.39 is 5.41 Å². The summed E-state index contributed by atoms with van der Waals surface area (Å²) in [6, 6.07) is 5.87. The Balaban J connectivity index is 1.24. The minimum Gasteiger partial charge on any atom is -0.368 e. The van der Waals surface area contributed by atoms with Crippen LogP contribution in [0.25, 0.3) is 10.6 Å². The Kier molecular flexibility index (Phi) is 4.47. The normalized spacial score (nSPS) is 23.8. The van der Waals surface area contributed by atoms with Crippen molar-refractivity contribution in [3.63, 3.8) is 0 Å². The average molecular weight is 401 g/mol. The van der Waals surface area contributed by atoms with Gasteiger partial charge in [-0.25, -0.2) is 0 Å². The van der Waals surface area contributed by atoms with Crippen LogP contribution in [0.5, 0.6) is 0 Å². The second kappa shape index (κ2) is 7.00. The number of thiophene rings is 1. The number of aromatic nitrogens is 1. The maximum absolute atomic E-state index is 13.2. The van der Waals surface area contributed by atoms with Crippen LogP contribution in [0.15, 0.2) is 28.1 Å². The van der Waals surface area contributed by atoms with Crippen molar-refractivity contribution in [2.24, 2.45) is 0 Å². The molecule has 2 aromatic heterocycles. The van der Waals surface area contributed by atoms with Crippen LogP contribution in [-0.4, -0.2) is 65.7 Å². The Morgan fingerprint density at radius 3 is 2.61 bits per heavy atom. The van der Waals surface area contributed by atoms with E-state index in [1.165, 1.54) is 0 Å². The van der Waals surface area contributed by atoms with Crippen LogP contribution in [-0.2, 0) is 19.7 Å². The predicted molar refractivity (Wildman–Crippen MR) is 103 cm³/mol. The molecule has 5 rings (SSSR count). The average Bonchev–Trinajstić information content (AvgIpc) is 3.20. The standard InChI is InChI=1S/C20H23N3O4S/c24-18(14-3-1-11-26-14)22-7-9-23(10-8-22)19(25)20(5-6-20)17-13-15(27-21-17)16-4-2-12-28-16/h2,4,12-14H,1,3,5-11H2. The van der Waals surface area contributed by atoms with Crippen LogP contribution in [0, 0.1) is 0 Å². The largest absolute Gasteiger partial charge is 0.368 e. The third-order valence-corrected chi connectivity index (χ3v) is 6.89. The van der Waals surface area contributed by atoms with Gasteiger partial charge in [0.05, 0.1) is 16.0 Å². The maximum atomic E-state index is 13.2. The Bertz CT molecular complexity index is 860. The van der Waals surface area contributed by atoms with Crippen molar-refractivity contribution in [1.82, 2.24) is 15.0 Å². The molecule has 0 N–H and O–H groups in total. The third kappa shape index (κ3) is 3.04. The highest BCUT2D eigenvalue weighted by molar-refractivity contribution is 7.13. The van der Waals surface area contributed by atoms with Gasteiger partial charge in [0, 0.05) is 38.9 Å². The lowest BCUT2D eigenvalue weighted by Gasteiger charge is -2.37. The number of ether oxygens (including phenoxy) is 1. The summed E-state index contributed by atoms with van der Waals surface area (Å²) in [4.78, 5) is 30.5. The van der Waals surface area contributed by atoms with Gasteiger partial charge in [-0.05, 0) is 37.1 Å². The van der Waals surface area contributed by atoms with Gasteiger partial charge in [0.1, 0.15) is 6.10 Å². The van der Waals surface area contributed by atoms with Gasteiger partial charge in [-0.3, -0.25) is 9.59 Å². The summed E-state index contributed by atoms with van der Waals surface area (Å²) in [5.41, 5.74) is 0.193. The van der Waals surface area contributed by atoms with Crippen LogP contribution >= 0.6 is 11.3 Å². The van der Waals surface area contributed by atoms with Crippen LogP contribution in [0.2, 0.25) is 0 Å². The number of carbonyl (C=O) groups is 2. The van der Waals surface area contributed by atoms with E-state index in [9.17, 15) is 9.59 Å². The first kappa shape index (κ1) is 17.9. The summed E-state index contributed by atoms with van der Waals surface area (Å²) in [5.74, 6) is 0.904. The molecule has 0 bridgehead atoms. The number of rotatable bonds is 4. The van der Waals surface area contributed by atoms with E-state index in [2.05, 4.69) is 5.16 Å². The van der Waals surface area contributed by atoms with Gasteiger partial charge < -0.3 is 19.1 Å². The fourth-order valence-corrected chi connectivity index (χ4v) is 4.82. The quantitative estimate of drug-likeness (QED) is 0.786. The second-order valence-electron chi connectivity index (χ2n) is 7.75. The molecule has 2 amide bonds. The molecule has 4 heterocycles. The molecule has 2 aliphatic heterocycles. The van der Waals surface area contributed by atoms with Crippen LogP contribution in [0.3, 0.4) is 0 Å². The molecular formula is C20H23N3O4S. The number of hydrogen-bond donors (Lipinski definition) is 0. The lowest BCUT2D eigenvalue weighted by Crippen LogP contribution is -2.54. The molecule has 1 saturated carbocycles. The van der Waals surface area contributed by atoms with Crippen LogP contribution in [0.1, 0.15) is 31.4 Å². The monoisotopic (exact) mass is 401 g/mol. The zero-order chi connectivity index (χ0) is 19.1. The fourth-order valence-electron chi connectivity index (χ4n) is 4.15. The highest BCUT2D eigenvalue weighted by Crippen LogP contribution is 2.50. The highest BCUT2D eigenvalue weighted by atomic mass is 32.1. The molecule has 3 fully saturated rings. The van der Waals surface area contributed by atoms with E-state index >= 15 is 0 Å². The van der Waals surface area contributed by atoms with Crippen molar-refractivity contribution in [3.8, 4) is 10.6 Å². The molecule has 1 aliphatic carbocycles. The van der Waals surface area contributed by atoms with E-state index in [0.29, 0.717) is 32.8 Å². The molecule has 28 heavy (non-hydrogen) atoms. The van der Waals surface area contributed by atoms with Gasteiger partial charge in [0.2, 0.25) is 5.91 Å². The van der Waals surface area contributed by atoms with E-state index in [-0.39, 0.29) is 17.9 Å². The lowest BCUT2D eigenvalue weighted by atomic mass is 9.99. The van der Waals surface area contributed by atoms with Gasteiger partial charge in [-0.1, -0.05) is 11.2 Å². The smallest absolute Gasteiger partial charge is 0.251 e. The molecule has 7 nitrogen and oxygen atoms in total. The van der Waals surface area contributed by atoms with Gasteiger partial charge in [0.25, 0.3) is 5.91 Å². The van der Waals surface area contributed by atoms with E-state index in [1.54, 1.807) is 11.3 Å². The summed E-state index contributed by atoms with van der Waals surface area (Å²) in [6.45, 7) is 2.94. The Morgan fingerprint density at radius 1 is 1.18 bits per heavy atom. The Labute approximate surface area is 167 Å². The zero-order valence-electron chi connectivity index (χ0n) is 15.6. The molecule has 0 spiro atoms. The molecule has 1 unspecified atom stereocenters. The zero-order valence-corrected chi connectivity index (χ0v) is 16.5. The molecule has 1 atom stereocenters. The summed E-state index contributed by atoms with van der Waals surface area (Å²) >= 11 is 1.59. The van der Waals surface area contributed by atoms with Crippen LogP contribution < -0.4 is 0 Å². The van der Waals surface area contributed by atoms with Crippen LogP contribution in [0.4, 0.5) is 0 Å². The first-order valence-corrected chi connectivity index (χ1v) is 10.8. The van der Waals surface area contributed by atoms with Gasteiger partial charge in [-0.15, -0.1) is 11.3 Å². The van der Waals surface area contributed by atoms with Crippen molar-refractivity contribution in [2.45, 2.75) is 37.2 Å². The summed E-state index contributed by atoms with van der Waals surface area (Å²) in [6.07, 6.45) is 3.07.